The van der Waals surface area contributed by atoms with Crippen molar-refractivity contribution in [3.63, 3.8) is 0 Å². The quantitative estimate of drug-likeness (QED) is 0.0347. The van der Waals surface area contributed by atoms with Gasteiger partial charge in [-0.2, -0.15) is 0 Å². The number of unbranched alkanes of at least 4 members (excludes halogenated alkanes) is 54. The molecule has 0 aliphatic rings. The molecule has 0 atom stereocenters. The lowest BCUT2D eigenvalue weighted by molar-refractivity contribution is 0.556. The van der Waals surface area contributed by atoms with Crippen molar-refractivity contribution in [2.45, 2.75) is 505 Å². The normalized spacial score (nSPS) is 11.2. The maximum atomic E-state index is 4.64. The summed E-state index contributed by atoms with van der Waals surface area (Å²) in [6.07, 6.45) is 110. The van der Waals surface area contributed by atoms with Gasteiger partial charge in [0, 0.05) is 71.8 Å². The Kier molecular flexibility index (Phi) is 68.9. The fourth-order valence-corrected chi connectivity index (χ4v) is 17.2. The Hall–Kier alpha value is -6.80. The van der Waals surface area contributed by atoms with Crippen LogP contribution in [0.3, 0.4) is 0 Å². The van der Waals surface area contributed by atoms with Crippen molar-refractivity contribution in [1.82, 2.24) is 39.9 Å². The Morgan fingerprint density at radius 2 is 0.222 bits per heavy atom. The molecule has 4 aromatic carbocycles. The maximum Gasteiger partial charge on any atom is 0.159 e. The lowest BCUT2D eigenvalue weighted by atomic mass is 10.0. The Morgan fingerprint density at radius 1 is 0.119 bits per heavy atom. The Bertz CT molecular complexity index is 3650. The summed E-state index contributed by atoms with van der Waals surface area (Å²) in [4.78, 5) is 37.1. The van der Waals surface area contributed by atoms with Gasteiger partial charge >= 0.3 is 0 Å². The summed E-state index contributed by atoms with van der Waals surface area (Å²) >= 11 is 0. The molecule has 8 rings (SSSR count). The van der Waals surface area contributed by atoms with Crippen molar-refractivity contribution >= 4 is 0 Å². The van der Waals surface area contributed by atoms with Crippen LogP contribution in [0.25, 0.3) is 45.6 Å². The number of nitrogens with zero attached hydrogens (tertiary/aromatic N) is 8. The van der Waals surface area contributed by atoms with Crippen LogP contribution in [0.15, 0.2) is 147 Å². The van der Waals surface area contributed by atoms with E-state index >= 15 is 0 Å². The molecular weight excluding hydrogens is 1530 g/mol. The molecule has 0 amide bonds. The molecule has 0 saturated carbocycles. The molecule has 0 radical (unpaired) electrons. The first-order valence-corrected chi connectivity index (χ1v) is 53.9. The van der Waals surface area contributed by atoms with Crippen LogP contribution in [-0.4, -0.2) is 39.9 Å². The van der Waals surface area contributed by atoms with Gasteiger partial charge in [0.15, 0.2) is 23.3 Å². The molecule has 126 heavy (non-hydrogen) atoms. The second-order valence-corrected chi connectivity index (χ2v) is 37.5. The molecule has 8 nitrogen and oxygen atoms in total. The average molecular weight is 1720 g/mol. The van der Waals surface area contributed by atoms with Crippen molar-refractivity contribution in [2.75, 3.05) is 0 Å². The van der Waals surface area contributed by atoms with Crippen LogP contribution in [0.1, 0.15) is 498 Å². The van der Waals surface area contributed by atoms with Gasteiger partial charge in [-0.1, -0.05) is 499 Å². The Balaban J connectivity index is 0.000000298. The average Bonchev–Trinajstić information content (AvgIpc) is 0.871. The van der Waals surface area contributed by atoms with E-state index in [1.165, 1.54) is 468 Å². The summed E-state index contributed by atoms with van der Waals surface area (Å²) in [7, 11) is 0. The molecule has 8 aromatic rings. The van der Waals surface area contributed by atoms with Crippen LogP contribution in [0.4, 0.5) is 0 Å². The number of aromatic nitrogens is 8. The van der Waals surface area contributed by atoms with Crippen molar-refractivity contribution in [3.8, 4) is 45.6 Å². The topological polar surface area (TPSA) is 103 Å². The molecule has 0 aliphatic carbocycles. The lowest BCUT2D eigenvalue weighted by Crippen LogP contribution is -1.94. The van der Waals surface area contributed by atoms with Gasteiger partial charge in [-0.15, -0.1) is 0 Å². The number of hydrogen-bond donors (Lipinski definition) is 0. The molecule has 0 N–H and O–H groups in total. The summed E-state index contributed by atoms with van der Waals surface area (Å²) in [6, 6.07) is 35.5. The zero-order valence-corrected chi connectivity index (χ0v) is 82.9. The van der Waals surface area contributed by atoms with Gasteiger partial charge in [-0.25, -0.2) is 39.9 Å². The molecule has 4 heterocycles. The third-order valence-electron chi connectivity index (χ3n) is 25.7. The van der Waals surface area contributed by atoms with Gasteiger partial charge in [0.1, 0.15) is 0 Å². The van der Waals surface area contributed by atoms with E-state index in [1.54, 1.807) is 0 Å². The van der Waals surface area contributed by atoms with E-state index in [0.717, 1.165) is 71.2 Å². The van der Waals surface area contributed by atoms with Gasteiger partial charge < -0.3 is 0 Å². The molecular formula is C118H188N8. The van der Waals surface area contributed by atoms with Crippen molar-refractivity contribution in [1.29, 1.82) is 0 Å². The monoisotopic (exact) mass is 1720 g/mol. The summed E-state index contributed by atoms with van der Waals surface area (Å²) < 4.78 is 0. The molecule has 0 aliphatic heterocycles. The summed E-state index contributed by atoms with van der Waals surface area (Å²) in [5, 5.41) is 0. The van der Waals surface area contributed by atoms with E-state index in [-0.39, 0.29) is 0 Å². The molecule has 4 aromatic heterocycles. The maximum absolute atomic E-state index is 4.64. The fourth-order valence-electron chi connectivity index (χ4n) is 17.2. The van der Waals surface area contributed by atoms with Gasteiger partial charge in [0.25, 0.3) is 0 Å². The third kappa shape index (κ3) is 56.6. The highest BCUT2D eigenvalue weighted by atomic mass is 14.9. The fraction of sp³-hybridized carbons (Fsp3) is 0.661. The van der Waals surface area contributed by atoms with E-state index in [4.69, 9.17) is 0 Å². The van der Waals surface area contributed by atoms with Crippen LogP contribution < -0.4 is 0 Å². The third-order valence-corrected chi connectivity index (χ3v) is 25.7. The predicted octanol–water partition coefficient (Wildman–Crippen LogP) is 37.3. The standard InChI is InChI=1S/C31H50N2.C30H48N2.C29H46N2.C28H44N2/c1-3-5-7-9-11-12-13-15-17-19-21-29-26-32-31(33-27-29)30-24-22-28(23-25-30)20-18-16-14-10-8-6-4-2;1-3-5-7-9-11-12-13-14-16-18-20-28-25-31-30(32-26-28)29-23-21-27(22-24-29)19-17-15-10-8-6-4-2;1-3-5-7-9-11-12-13-15-17-19-27-24-30-29(31-25-27)28-22-20-26(21-23-28)18-16-14-10-8-6-4-2;1-3-5-7-9-11-12-14-16-18-26-23-29-28(30-24-26)27-21-19-25(20-22-27)17-15-13-10-8-6-4-2/h22-27H,3-21H2,1-2H3;21-26H,3-20H2,1-2H3;20-25H,3-19H2,1-2H3;19-24H,3-18H2,1-2H3. The van der Waals surface area contributed by atoms with Crippen LogP contribution >= 0.6 is 0 Å². The van der Waals surface area contributed by atoms with Gasteiger partial charge in [0.2, 0.25) is 0 Å². The largest absolute Gasteiger partial charge is 0.236 e. The van der Waals surface area contributed by atoms with E-state index in [0.29, 0.717) is 0 Å². The molecule has 0 fully saturated rings. The molecule has 0 unspecified atom stereocenters. The minimum Gasteiger partial charge on any atom is -0.236 e. The molecule has 0 spiro atoms. The molecule has 0 bridgehead atoms. The minimum atomic E-state index is 0.848. The molecule has 0 saturated heterocycles. The van der Waals surface area contributed by atoms with E-state index in [9.17, 15) is 0 Å². The van der Waals surface area contributed by atoms with Gasteiger partial charge in [0.05, 0.1) is 0 Å². The first-order chi connectivity index (χ1) is 62.3. The zero-order chi connectivity index (χ0) is 89.4. The SMILES string of the molecule is CCCCCCCCCCCCc1cnc(-c2ccc(CCCCCCCC)cc2)nc1.CCCCCCCCCCCCc1cnc(-c2ccc(CCCCCCCCC)cc2)nc1.CCCCCCCCCCCc1cnc(-c2ccc(CCCCCCCC)cc2)nc1.CCCCCCCCCCc1cnc(-c2ccc(CCCCCCCC)cc2)nc1. The predicted molar refractivity (Wildman–Crippen MR) is 551 cm³/mol. The number of hydrogen-bond acceptors (Lipinski definition) is 8. The van der Waals surface area contributed by atoms with Gasteiger partial charge in [-0.05, 0) is 147 Å². The zero-order valence-electron chi connectivity index (χ0n) is 82.9. The van der Waals surface area contributed by atoms with Crippen molar-refractivity contribution in [3.05, 3.63) is 191 Å². The second-order valence-electron chi connectivity index (χ2n) is 37.5. The first-order valence-electron chi connectivity index (χ1n) is 53.9. The second kappa shape index (κ2) is 79.2. The number of rotatable bonds is 74. The van der Waals surface area contributed by atoms with E-state index < -0.39 is 0 Å². The summed E-state index contributed by atoms with van der Waals surface area (Å²) in [5.41, 5.74) is 15.3. The van der Waals surface area contributed by atoms with Crippen LogP contribution in [-0.2, 0) is 51.4 Å². The van der Waals surface area contributed by atoms with Crippen molar-refractivity contribution < 1.29 is 0 Å². The van der Waals surface area contributed by atoms with Crippen LogP contribution in [0, 0.1) is 0 Å². The Morgan fingerprint density at radius 3 is 0.341 bits per heavy atom. The highest BCUT2D eigenvalue weighted by molar-refractivity contribution is 5.58. The molecule has 700 valence electrons. The van der Waals surface area contributed by atoms with E-state index in [2.05, 4.69) is 192 Å². The Labute approximate surface area is 776 Å². The number of aryl methyl sites for hydroxylation is 8. The smallest absolute Gasteiger partial charge is 0.159 e. The van der Waals surface area contributed by atoms with Gasteiger partial charge in [-0.3, -0.25) is 0 Å². The first kappa shape index (κ1) is 110. The molecule has 8 heteroatoms. The highest BCUT2D eigenvalue weighted by Crippen LogP contribution is 2.26. The summed E-state index contributed by atoms with van der Waals surface area (Å²) in [6.45, 7) is 18.2. The lowest BCUT2D eigenvalue weighted by Gasteiger charge is -2.06. The van der Waals surface area contributed by atoms with E-state index in [1.807, 2.05) is 49.6 Å². The highest BCUT2D eigenvalue weighted by Gasteiger charge is 2.10. The van der Waals surface area contributed by atoms with Crippen LogP contribution in [0.5, 0.6) is 0 Å². The van der Waals surface area contributed by atoms with Crippen LogP contribution in [0.2, 0.25) is 0 Å². The summed E-state index contributed by atoms with van der Waals surface area (Å²) in [5.74, 6) is 3.40. The number of benzene rings is 4. The van der Waals surface area contributed by atoms with Crippen molar-refractivity contribution in [2.24, 2.45) is 0 Å². The minimum absolute atomic E-state index is 0.848.